The van der Waals surface area contributed by atoms with E-state index in [1.165, 1.54) is 17.5 Å². The Morgan fingerprint density at radius 2 is 2.08 bits per heavy atom. The van der Waals surface area contributed by atoms with Crippen molar-refractivity contribution in [2.75, 3.05) is 5.43 Å². The number of aryl methyl sites for hydroxylation is 1. The molecule has 3 fully saturated rings. The summed E-state index contributed by atoms with van der Waals surface area (Å²) in [6.07, 6.45) is 4.08. The van der Waals surface area contributed by atoms with Gasteiger partial charge in [0.2, 0.25) is 5.91 Å². The summed E-state index contributed by atoms with van der Waals surface area (Å²) in [4.78, 5) is 29.7. The molecule has 3 aliphatic carbocycles. The van der Waals surface area contributed by atoms with Crippen molar-refractivity contribution < 1.29 is 4.79 Å². The molecule has 0 aliphatic heterocycles. The number of nitrogens with zero attached hydrogens (tertiary/aromatic N) is 2. The zero-order valence-corrected chi connectivity index (χ0v) is 15.1. The molecule has 3 saturated carbocycles. The van der Waals surface area contributed by atoms with E-state index in [-0.39, 0.29) is 11.5 Å². The summed E-state index contributed by atoms with van der Waals surface area (Å²) in [5, 5.41) is 0.522. The maximum atomic E-state index is 12.7. The Morgan fingerprint density at radius 1 is 1.32 bits per heavy atom. The third-order valence-corrected chi connectivity index (χ3v) is 6.63. The number of hydrogen-bond acceptors (Lipinski definition) is 3. The van der Waals surface area contributed by atoms with Crippen LogP contribution in [0.25, 0.3) is 10.9 Å². The highest BCUT2D eigenvalue weighted by Gasteiger charge is 2.54. The van der Waals surface area contributed by atoms with Crippen LogP contribution in [-0.4, -0.2) is 15.6 Å². The lowest BCUT2D eigenvalue weighted by Crippen LogP contribution is -2.53. The van der Waals surface area contributed by atoms with Crippen LogP contribution in [0.5, 0.6) is 0 Å². The van der Waals surface area contributed by atoms with Crippen LogP contribution in [0.15, 0.2) is 29.1 Å². The Kier molecular flexibility index (Phi) is 3.71. The Labute approximate surface area is 147 Å². The first kappa shape index (κ1) is 16.3. The lowest BCUT2D eigenvalue weighted by Gasteiger charge is -2.60. The normalized spacial score (nSPS) is 26.9. The van der Waals surface area contributed by atoms with Gasteiger partial charge in [0.15, 0.2) is 0 Å². The van der Waals surface area contributed by atoms with Gasteiger partial charge in [-0.3, -0.25) is 15.0 Å². The van der Waals surface area contributed by atoms with E-state index in [2.05, 4.69) is 24.3 Å². The number of benzene rings is 1. The van der Waals surface area contributed by atoms with Gasteiger partial charge in [0.25, 0.3) is 5.56 Å². The predicted molar refractivity (Wildman–Crippen MR) is 97.8 cm³/mol. The van der Waals surface area contributed by atoms with Crippen molar-refractivity contribution in [3.63, 3.8) is 0 Å². The Bertz CT molecular complexity index is 897. The SMILES string of the molecule is Cc1nc2ccccc2c(=O)n1NC(=O)C[C@@H]1CC[C@H]2C[C@@H]1C2(C)C. The van der Waals surface area contributed by atoms with Crippen molar-refractivity contribution in [3.8, 4) is 0 Å². The highest BCUT2D eigenvalue weighted by molar-refractivity contribution is 5.85. The van der Waals surface area contributed by atoms with Crippen molar-refractivity contribution in [2.45, 2.75) is 46.5 Å². The van der Waals surface area contributed by atoms with Crippen molar-refractivity contribution >= 4 is 16.8 Å². The Hall–Kier alpha value is -2.17. The number of carbonyl (C=O) groups excluding carboxylic acids is 1. The highest BCUT2D eigenvalue weighted by Crippen LogP contribution is 2.61. The first-order valence-corrected chi connectivity index (χ1v) is 9.16. The molecule has 2 bridgehead atoms. The second-order valence-electron chi connectivity index (χ2n) is 8.25. The van der Waals surface area contributed by atoms with Gasteiger partial charge >= 0.3 is 0 Å². The average molecular weight is 339 g/mol. The molecule has 3 aliphatic rings. The van der Waals surface area contributed by atoms with Gasteiger partial charge in [-0.1, -0.05) is 26.0 Å². The maximum Gasteiger partial charge on any atom is 0.280 e. The van der Waals surface area contributed by atoms with Crippen LogP contribution in [0, 0.1) is 30.1 Å². The van der Waals surface area contributed by atoms with E-state index in [1.54, 1.807) is 13.0 Å². The van der Waals surface area contributed by atoms with Gasteiger partial charge in [0, 0.05) is 6.42 Å². The van der Waals surface area contributed by atoms with E-state index < -0.39 is 0 Å². The van der Waals surface area contributed by atoms with Crippen LogP contribution >= 0.6 is 0 Å². The van der Waals surface area contributed by atoms with Crippen LogP contribution in [-0.2, 0) is 4.79 Å². The molecule has 1 aromatic heterocycles. The minimum absolute atomic E-state index is 0.0894. The van der Waals surface area contributed by atoms with Gasteiger partial charge in [-0.2, -0.15) is 0 Å². The smallest absolute Gasteiger partial charge is 0.273 e. The summed E-state index contributed by atoms with van der Waals surface area (Å²) in [7, 11) is 0. The highest BCUT2D eigenvalue weighted by atomic mass is 16.2. The third kappa shape index (κ3) is 2.57. The van der Waals surface area contributed by atoms with E-state index in [9.17, 15) is 9.59 Å². The van der Waals surface area contributed by atoms with Crippen LogP contribution in [0.2, 0.25) is 0 Å². The monoisotopic (exact) mass is 339 g/mol. The van der Waals surface area contributed by atoms with Crippen LogP contribution in [0.1, 0.15) is 45.4 Å². The molecular formula is C20H25N3O2. The summed E-state index contributed by atoms with van der Waals surface area (Å²) in [6, 6.07) is 7.22. The molecule has 1 amide bonds. The molecule has 1 heterocycles. The molecule has 0 radical (unpaired) electrons. The lowest BCUT2D eigenvalue weighted by molar-refractivity contribution is -0.129. The van der Waals surface area contributed by atoms with Crippen LogP contribution in [0.4, 0.5) is 0 Å². The average Bonchev–Trinajstić information content (AvgIpc) is 2.58. The van der Waals surface area contributed by atoms with E-state index >= 15 is 0 Å². The molecule has 1 N–H and O–H groups in total. The molecule has 132 valence electrons. The molecule has 25 heavy (non-hydrogen) atoms. The van der Waals surface area contributed by atoms with Gasteiger partial charge in [-0.15, -0.1) is 0 Å². The number of carbonyl (C=O) groups is 1. The first-order chi connectivity index (χ1) is 11.9. The number of aromatic nitrogens is 2. The molecule has 0 saturated heterocycles. The molecular weight excluding hydrogens is 314 g/mol. The van der Waals surface area contributed by atoms with Crippen molar-refractivity contribution in [2.24, 2.45) is 23.2 Å². The molecule has 5 nitrogen and oxygen atoms in total. The van der Waals surface area contributed by atoms with Crippen LogP contribution < -0.4 is 11.0 Å². The van der Waals surface area contributed by atoms with Gasteiger partial charge in [0.05, 0.1) is 10.9 Å². The summed E-state index contributed by atoms with van der Waals surface area (Å²) >= 11 is 0. The van der Waals surface area contributed by atoms with Gasteiger partial charge in [0.1, 0.15) is 5.82 Å². The van der Waals surface area contributed by atoms with Gasteiger partial charge < -0.3 is 0 Å². The quantitative estimate of drug-likeness (QED) is 0.934. The van der Waals surface area contributed by atoms with E-state index in [0.717, 1.165) is 12.3 Å². The van der Waals surface area contributed by atoms with Crippen molar-refractivity contribution in [1.29, 1.82) is 0 Å². The molecule has 1 aromatic carbocycles. The molecule has 5 heteroatoms. The molecule has 3 atom stereocenters. The largest absolute Gasteiger partial charge is 0.280 e. The fourth-order valence-corrected chi connectivity index (χ4v) is 4.99. The molecule has 0 unspecified atom stereocenters. The predicted octanol–water partition coefficient (Wildman–Crippen LogP) is 3.24. The third-order valence-electron chi connectivity index (χ3n) is 6.63. The maximum absolute atomic E-state index is 12.7. The summed E-state index contributed by atoms with van der Waals surface area (Å²) in [6.45, 7) is 6.41. The minimum Gasteiger partial charge on any atom is -0.273 e. The standard InChI is InChI=1S/C20H25N3O2/c1-12-21-17-7-5-4-6-15(17)19(25)23(12)22-18(24)10-13-8-9-14-11-16(13)20(14,2)3/h4-7,13-14,16H,8-11H2,1-3H3,(H,22,24)/t13-,14-,16-/m0/s1. The van der Waals surface area contributed by atoms with E-state index in [4.69, 9.17) is 0 Å². The Morgan fingerprint density at radius 3 is 2.80 bits per heavy atom. The number of amides is 1. The zero-order chi connectivity index (χ0) is 17.8. The van der Waals surface area contributed by atoms with Crippen molar-refractivity contribution in [3.05, 3.63) is 40.4 Å². The summed E-state index contributed by atoms with van der Waals surface area (Å²) in [5.41, 5.74) is 3.59. The first-order valence-electron chi connectivity index (χ1n) is 9.16. The van der Waals surface area contributed by atoms with Crippen LogP contribution in [0.3, 0.4) is 0 Å². The van der Waals surface area contributed by atoms with Crippen molar-refractivity contribution in [1.82, 2.24) is 9.66 Å². The lowest BCUT2D eigenvalue weighted by atomic mass is 9.45. The molecule has 2 aromatic rings. The topological polar surface area (TPSA) is 64.0 Å². The fourth-order valence-electron chi connectivity index (χ4n) is 4.99. The number of nitrogens with one attached hydrogen (secondary N) is 1. The fraction of sp³-hybridized carbons (Fsp3) is 0.550. The summed E-state index contributed by atoms with van der Waals surface area (Å²) in [5.74, 6) is 2.29. The number of fused-ring (bicyclic) bond motifs is 3. The second kappa shape index (κ2) is 5.68. The zero-order valence-electron chi connectivity index (χ0n) is 15.1. The molecule has 5 rings (SSSR count). The molecule has 0 spiro atoms. The van der Waals surface area contributed by atoms with E-state index in [0.29, 0.717) is 40.4 Å². The van der Waals surface area contributed by atoms with E-state index in [1.807, 2.05) is 18.2 Å². The number of para-hydroxylation sites is 1. The number of rotatable bonds is 3. The Balaban J connectivity index is 1.53. The number of hydrogen-bond donors (Lipinski definition) is 1. The second-order valence-corrected chi connectivity index (χ2v) is 8.25. The van der Waals surface area contributed by atoms with Gasteiger partial charge in [-0.25, -0.2) is 9.66 Å². The summed E-state index contributed by atoms with van der Waals surface area (Å²) < 4.78 is 1.29. The minimum atomic E-state index is -0.218. The van der Waals surface area contributed by atoms with Gasteiger partial charge in [-0.05, 0) is 61.5 Å².